The molecule has 9 heteroatoms. The van der Waals surface area contributed by atoms with Gasteiger partial charge in [0.05, 0.1) is 23.0 Å². The number of carboxylic acid groups (broad SMARTS) is 2. The van der Waals surface area contributed by atoms with Crippen molar-refractivity contribution in [3.63, 3.8) is 0 Å². The van der Waals surface area contributed by atoms with Crippen molar-refractivity contribution in [1.82, 2.24) is 10.6 Å². The van der Waals surface area contributed by atoms with Gasteiger partial charge in [0.2, 0.25) is 0 Å². The molecule has 8 nitrogen and oxygen atoms in total. The Morgan fingerprint density at radius 2 is 1.00 bits per heavy atom. The third-order valence-corrected chi connectivity index (χ3v) is 5.88. The molecule has 0 aromatic rings. The first-order valence-electron chi connectivity index (χ1n) is 10.8. The molecular formula is C20H38N4NiO4. The summed E-state index contributed by atoms with van der Waals surface area (Å²) < 4.78 is 0. The molecule has 0 amide bonds. The number of carboxylic acids is 2. The Labute approximate surface area is 184 Å². The van der Waals surface area contributed by atoms with Crippen LogP contribution in [-0.2, 0) is 26.1 Å². The van der Waals surface area contributed by atoms with Gasteiger partial charge in [0.25, 0.3) is 0 Å². The van der Waals surface area contributed by atoms with Crippen LogP contribution in [-0.4, -0.2) is 49.2 Å². The summed E-state index contributed by atoms with van der Waals surface area (Å²) in [6.07, 6.45) is 10.6. The molecule has 2 saturated carbocycles. The van der Waals surface area contributed by atoms with Crippen LogP contribution in [0.15, 0.2) is 0 Å². The van der Waals surface area contributed by atoms with Crippen LogP contribution in [0.5, 0.6) is 0 Å². The quantitative estimate of drug-likeness (QED) is 0.234. The molecule has 2 rings (SSSR count). The molecule has 29 heavy (non-hydrogen) atoms. The van der Waals surface area contributed by atoms with Gasteiger partial charge in [-0.15, -0.1) is 0 Å². The van der Waals surface area contributed by atoms with Gasteiger partial charge in [-0.25, -0.2) is 0 Å². The molecular weight excluding hydrogens is 419 g/mol. The van der Waals surface area contributed by atoms with E-state index in [1.165, 1.54) is 0 Å². The van der Waals surface area contributed by atoms with Gasteiger partial charge in [-0.3, -0.25) is 0 Å². The van der Waals surface area contributed by atoms with Crippen molar-refractivity contribution >= 4 is 11.9 Å². The Balaban J connectivity index is 0.000000523. The number of rotatable bonds is 10. The molecule has 0 bridgehead atoms. The molecule has 0 unspecified atom stereocenters. The van der Waals surface area contributed by atoms with Crippen molar-refractivity contribution in [3.8, 4) is 0 Å². The van der Waals surface area contributed by atoms with E-state index in [-0.39, 0.29) is 16.5 Å². The van der Waals surface area contributed by atoms with E-state index < -0.39 is 23.0 Å². The number of carbonyl (C=O) groups is 2. The van der Waals surface area contributed by atoms with E-state index in [9.17, 15) is 19.8 Å². The van der Waals surface area contributed by atoms with Gasteiger partial charge in [0, 0.05) is 0 Å². The van der Waals surface area contributed by atoms with Gasteiger partial charge in [0.1, 0.15) is 0 Å². The van der Waals surface area contributed by atoms with E-state index >= 15 is 0 Å². The maximum Gasteiger partial charge on any atom is 2.00 e. The zero-order valence-electron chi connectivity index (χ0n) is 17.4. The molecule has 6 N–H and O–H groups in total. The predicted molar refractivity (Wildman–Crippen MR) is 105 cm³/mol. The third-order valence-electron chi connectivity index (χ3n) is 5.88. The fourth-order valence-electron chi connectivity index (χ4n) is 4.08. The first-order valence-corrected chi connectivity index (χ1v) is 10.8. The number of hydrogen-bond donors (Lipinski definition) is 4. The van der Waals surface area contributed by atoms with Crippen LogP contribution in [0.2, 0.25) is 0 Å². The molecule has 0 saturated heterocycles. The molecule has 0 atom stereocenters. The molecule has 2 aliphatic carbocycles. The summed E-state index contributed by atoms with van der Waals surface area (Å²) in [6, 6.07) is 0. The zero-order valence-corrected chi connectivity index (χ0v) is 18.4. The molecule has 0 heterocycles. The van der Waals surface area contributed by atoms with Crippen LogP contribution in [0.1, 0.15) is 77.0 Å². The Hall–Kier alpha value is -0.726. The van der Waals surface area contributed by atoms with E-state index in [1.807, 2.05) is 0 Å². The van der Waals surface area contributed by atoms with Crippen LogP contribution in [0, 0.1) is 0 Å². The second kappa shape index (κ2) is 15.1. The van der Waals surface area contributed by atoms with Crippen LogP contribution >= 0.6 is 0 Å². The molecule has 172 valence electrons. The molecule has 0 aliphatic heterocycles. The minimum atomic E-state index is -0.950. The van der Waals surface area contributed by atoms with Crippen molar-refractivity contribution in [3.05, 3.63) is 0 Å². The van der Waals surface area contributed by atoms with Crippen molar-refractivity contribution in [2.24, 2.45) is 11.5 Å². The fourth-order valence-corrected chi connectivity index (χ4v) is 4.08. The van der Waals surface area contributed by atoms with Crippen LogP contribution in [0.25, 0.3) is 0 Å². The maximum absolute atomic E-state index is 11.1. The normalized spacial score (nSPS) is 19.9. The van der Waals surface area contributed by atoms with Gasteiger partial charge in [-0.05, 0) is 64.7 Å². The Kier molecular flexibility index (Phi) is 14.8. The smallest absolute Gasteiger partial charge is 0.548 e. The molecule has 0 spiro atoms. The predicted octanol–water partition coefficient (Wildman–Crippen LogP) is -1.25. The van der Waals surface area contributed by atoms with Crippen molar-refractivity contribution in [1.29, 1.82) is 0 Å². The molecule has 0 aromatic carbocycles. The third kappa shape index (κ3) is 9.30. The first-order chi connectivity index (χ1) is 13.4. The Morgan fingerprint density at radius 3 is 1.24 bits per heavy atom. The van der Waals surface area contributed by atoms with Crippen LogP contribution in [0.3, 0.4) is 0 Å². The van der Waals surface area contributed by atoms with Gasteiger partial charge in [0.15, 0.2) is 0 Å². The summed E-state index contributed by atoms with van der Waals surface area (Å²) in [5.74, 6) is -1.90. The average Bonchev–Trinajstić information content (AvgIpc) is 2.70. The van der Waals surface area contributed by atoms with E-state index in [1.54, 1.807) is 0 Å². The van der Waals surface area contributed by atoms with Crippen molar-refractivity contribution in [2.45, 2.75) is 88.1 Å². The Bertz CT molecular complexity index is 425. The number of carbonyl (C=O) groups excluding carboxylic acids is 2. The first kappa shape index (κ1) is 28.3. The summed E-state index contributed by atoms with van der Waals surface area (Å²) in [6.45, 7) is 2.53. The number of hydrogen-bond acceptors (Lipinski definition) is 8. The standard InChI is InChI=1S/2C10H20N2O2.Ni/c2*11-7-4-8-12-10(9(13)14)5-2-1-3-6-10;/h2*12H,1-8,11H2,(H,13,14);/q;;+2/p-2. The Morgan fingerprint density at radius 1 is 0.690 bits per heavy atom. The SMILES string of the molecule is NCCCNC1(C(=O)[O-])CCCCC1.NCCCNC1(C(=O)[O-])CCCCC1.[Ni+2]. The number of aliphatic carboxylic acids is 2. The zero-order chi connectivity index (χ0) is 20.9. The van der Waals surface area contributed by atoms with Crippen molar-refractivity contribution < 1.29 is 36.3 Å². The monoisotopic (exact) mass is 456 g/mol. The summed E-state index contributed by atoms with van der Waals surface area (Å²) >= 11 is 0. The van der Waals surface area contributed by atoms with E-state index in [2.05, 4.69) is 10.6 Å². The summed E-state index contributed by atoms with van der Waals surface area (Å²) in [7, 11) is 0. The maximum atomic E-state index is 11.1. The van der Waals surface area contributed by atoms with Gasteiger partial charge in [-0.1, -0.05) is 38.5 Å². The minimum absolute atomic E-state index is 0. The fraction of sp³-hybridized carbons (Fsp3) is 0.900. The van der Waals surface area contributed by atoms with E-state index in [4.69, 9.17) is 11.5 Å². The summed E-state index contributed by atoms with van der Waals surface area (Å²) in [5, 5.41) is 28.3. The number of nitrogens with one attached hydrogen (secondary N) is 2. The summed E-state index contributed by atoms with van der Waals surface area (Å²) in [5.41, 5.74) is 9.18. The average molecular weight is 457 g/mol. The van der Waals surface area contributed by atoms with Gasteiger partial charge >= 0.3 is 16.5 Å². The second-order valence-electron chi connectivity index (χ2n) is 8.00. The van der Waals surface area contributed by atoms with E-state index in [0.29, 0.717) is 51.9 Å². The van der Waals surface area contributed by atoms with Gasteiger partial charge < -0.3 is 41.9 Å². The van der Waals surface area contributed by atoms with Crippen molar-refractivity contribution in [2.75, 3.05) is 26.2 Å². The second-order valence-corrected chi connectivity index (χ2v) is 8.00. The molecule has 2 aliphatic rings. The largest absolute Gasteiger partial charge is 2.00 e. The van der Waals surface area contributed by atoms with E-state index in [0.717, 1.165) is 51.4 Å². The van der Waals surface area contributed by atoms with Crippen LogP contribution in [0.4, 0.5) is 0 Å². The van der Waals surface area contributed by atoms with Crippen LogP contribution < -0.4 is 32.3 Å². The topological polar surface area (TPSA) is 156 Å². The minimum Gasteiger partial charge on any atom is -0.548 e. The molecule has 0 aromatic heterocycles. The van der Waals surface area contributed by atoms with Gasteiger partial charge in [-0.2, -0.15) is 0 Å². The molecule has 0 radical (unpaired) electrons. The molecule has 2 fully saturated rings. The number of nitrogens with two attached hydrogens (primary N) is 2. The summed E-state index contributed by atoms with van der Waals surface area (Å²) in [4.78, 5) is 22.1.